The van der Waals surface area contributed by atoms with Gasteiger partial charge in [0, 0.05) is 21.9 Å². The molecular formula is C7H5ClF2INO2S. The van der Waals surface area contributed by atoms with Crippen LogP contribution in [0.25, 0.3) is 0 Å². The minimum atomic E-state index is -3.99. The van der Waals surface area contributed by atoms with Crippen molar-refractivity contribution < 1.29 is 17.2 Å². The largest absolute Gasteiger partial charge is 0.279 e. The number of pyridine rings is 1. The molecule has 0 fully saturated rings. The normalized spacial score (nSPS) is 12.1. The van der Waals surface area contributed by atoms with Gasteiger partial charge >= 0.3 is 0 Å². The van der Waals surface area contributed by atoms with Gasteiger partial charge in [-0.2, -0.15) is 0 Å². The topological polar surface area (TPSA) is 47.0 Å². The van der Waals surface area contributed by atoms with Crippen LogP contribution in [0.5, 0.6) is 0 Å². The van der Waals surface area contributed by atoms with Crippen molar-refractivity contribution in [2.24, 2.45) is 0 Å². The van der Waals surface area contributed by atoms with E-state index in [0.717, 1.165) is 6.07 Å². The van der Waals surface area contributed by atoms with E-state index in [2.05, 4.69) is 4.98 Å². The number of hydrogen-bond donors (Lipinski definition) is 0. The summed E-state index contributed by atoms with van der Waals surface area (Å²) in [5, 5.41) is -0.383. The first kappa shape index (κ1) is 13.0. The highest BCUT2D eigenvalue weighted by Crippen LogP contribution is 2.27. The number of alkyl halides is 2. The third kappa shape index (κ3) is 2.97. The average molecular weight is 368 g/mol. The lowest BCUT2D eigenvalue weighted by molar-refractivity contribution is 0.150. The van der Waals surface area contributed by atoms with Crippen molar-refractivity contribution in [2.45, 2.75) is 18.4 Å². The first-order valence-corrected chi connectivity index (χ1v) is 7.02. The minimum Gasteiger partial charge on any atom is -0.239 e. The van der Waals surface area contributed by atoms with E-state index in [9.17, 15) is 17.2 Å². The Hall–Kier alpha value is -0.0200. The maximum Gasteiger partial charge on any atom is 0.279 e. The van der Waals surface area contributed by atoms with Crippen LogP contribution in [0.1, 0.15) is 17.7 Å². The molecule has 1 aromatic heterocycles. The molecule has 0 bridgehead atoms. The zero-order valence-electron chi connectivity index (χ0n) is 7.34. The van der Waals surface area contributed by atoms with Crippen molar-refractivity contribution in [3.05, 3.63) is 20.9 Å². The Morgan fingerprint density at radius 1 is 1.53 bits per heavy atom. The molecule has 0 aliphatic rings. The van der Waals surface area contributed by atoms with E-state index in [1.54, 1.807) is 22.6 Å². The van der Waals surface area contributed by atoms with Gasteiger partial charge in [-0.15, -0.1) is 0 Å². The van der Waals surface area contributed by atoms with Gasteiger partial charge in [0.05, 0.1) is 3.57 Å². The van der Waals surface area contributed by atoms with Gasteiger partial charge in [0.1, 0.15) is 0 Å². The Balaban J connectivity index is 3.46. The molecule has 0 aliphatic heterocycles. The molecule has 8 heteroatoms. The van der Waals surface area contributed by atoms with Gasteiger partial charge in [-0.25, -0.2) is 22.2 Å². The molecule has 0 saturated carbocycles. The highest BCUT2D eigenvalue weighted by atomic mass is 127. The first-order chi connectivity index (χ1) is 6.73. The fraction of sp³-hybridized carbons (Fsp3) is 0.286. The van der Waals surface area contributed by atoms with Crippen LogP contribution >= 0.6 is 33.3 Å². The van der Waals surface area contributed by atoms with E-state index in [-0.39, 0.29) is 19.9 Å². The van der Waals surface area contributed by atoms with Crippen molar-refractivity contribution in [3.63, 3.8) is 0 Å². The van der Waals surface area contributed by atoms with Gasteiger partial charge in [0.25, 0.3) is 15.5 Å². The van der Waals surface area contributed by atoms with Gasteiger partial charge in [-0.1, -0.05) is 0 Å². The maximum atomic E-state index is 12.4. The van der Waals surface area contributed by atoms with Crippen LogP contribution in [0.15, 0.2) is 11.1 Å². The molecule has 0 aromatic carbocycles. The highest BCUT2D eigenvalue weighted by Gasteiger charge is 2.21. The van der Waals surface area contributed by atoms with E-state index in [1.165, 1.54) is 6.92 Å². The summed E-state index contributed by atoms with van der Waals surface area (Å²) in [4.78, 5) is 3.56. The summed E-state index contributed by atoms with van der Waals surface area (Å²) in [5.41, 5.74) is -0.326. The van der Waals surface area contributed by atoms with Gasteiger partial charge < -0.3 is 0 Å². The standard InChI is InChI=1S/C7H5ClF2INO2S/c1-3-4(6(9)10)2-5(11)7(12-3)15(8,13)14/h2,6H,1H3. The summed E-state index contributed by atoms with van der Waals surface area (Å²) >= 11 is 1.60. The molecule has 0 atom stereocenters. The van der Waals surface area contributed by atoms with E-state index >= 15 is 0 Å². The number of hydrogen-bond acceptors (Lipinski definition) is 3. The number of rotatable bonds is 2. The Bertz CT molecular complexity index is 492. The summed E-state index contributed by atoms with van der Waals surface area (Å²) < 4.78 is 46.9. The lowest BCUT2D eigenvalue weighted by atomic mass is 10.2. The monoisotopic (exact) mass is 367 g/mol. The van der Waals surface area contributed by atoms with Crippen molar-refractivity contribution in [1.29, 1.82) is 0 Å². The van der Waals surface area contributed by atoms with E-state index in [1.807, 2.05) is 0 Å². The molecule has 1 heterocycles. The summed E-state index contributed by atoms with van der Waals surface area (Å²) in [5.74, 6) is 0. The molecule has 1 aromatic rings. The van der Waals surface area contributed by atoms with Crippen LogP contribution in [0.3, 0.4) is 0 Å². The van der Waals surface area contributed by atoms with Crippen LogP contribution in [-0.2, 0) is 9.05 Å². The third-order valence-electron chi connectivity index (χ3n) is 1.64. The predicted molar refractivity (Wildman–Crippen MR) is 59.7 cm³/mol. The summed E-state index contributed by atoms with van der Waals surface area (Å²) in [7, 11) is 1.10. The Morgan fingerprint density at radius 2 is 2.07 bits per heavy atom. The van der Waals surface area contributed by atoms with Gasteiger partial charge in [-0.05, 0) is 35.6 Å². The summed E-state index contributed by atoms with van der Waals surface area (Å²) in [6.45, 7) is 1.31. The fourth-order valence-electron chi connectivity index (χ4n) is 0.965. The van der Waals surface area contributed by atoms with Gasteiger partial charge in [-0.3, -0.25) is 0 Å². The molecule has 0 N–H and O–H groups in total. The lowest BCUT2D eigenvalue weighted by Crippen LogP contribution is -2.04. The van der Waals surface area contributed by atoms with E-state index in [4.69, 9.17) is 10.7 Å². The van der Waals surface area contributed by atoms with Crippen molar-refractivity contribution in [3.8, 4) is 0 Å². The Morgan fingerprint density at radius 3 is 2.47 bits per heavy atom. The molecule has 0 aliphatic carbocycles. The van der Waals surface area contributed by atoms with Crippen LogP contribution < -0.4 is 0 Å². The van der Waals surface area contributed by atoms with Crippen molar-refractivity contribution >= 4 is 42.3 Å². The summed E-state index contributed by atoms with van der Waals surface area (Å²) in [6, 6.07) is 1.07. The van der Waals surface area contributed by atoms with Crippen LogP contribution in [0.4, 0.5) is 8.78 Å². The molecule has 0 spiro atoms. The zero-order chi connectivity index (χ0) is 11.8. The number of halogens is 4. The van der Waals surface area contributed by atoms with Crippen molar-refractivity contribution in [2.75, 3.05) is 0 Å². The van der Waals surface area contributed by atoms with Crippen LogP contribution in [-0.4, -0.2) is 13.4 Å². The second-order valence-electron chi connectivity index (χ2n) is 2.69. The van der Waals surface area contributed by atoms with Crippen LogP contribution in [0.2, 0.25) is 0 Å². The minimum absolute atomic E-state index is 0.0374. The number of nitrogens with zero attached hydrogens (tertiary/aromatic N) is 1. The molecule has 0 amide bonds. The second kappa shape index (κ2) is 4.46. The average Bonchev–Trinajstić information content (AvgIpc) is 2.06. The molecule has 0 saturated heterocycles. The van der Waals surface area contributed by atoms with Gasteiger partial charge in [0.2, 0.25) is 0 Å². The fourth-order valence-corrected chi connectivity index (χ4v) is 3.57. The Labute approximate surface area is 103 Å². The molecule has 0 unspecified atom stereocenters. The molecule has 15 heavy (non-hydrogen) atoms. The van der Waals surface area contributed by atoms with E-state index < -0.39 is 15.5 Å². The Kier molecular flexibility index (Phi) is 3.88. The van der Waals surface area contributed by atoms with Gasteiger partial charge in [0.15, 0.2) is 5.03 Å². The SMILES string of the molecule is Cc1nc(S(=O)(=O)Cl)c(I)cc1C(F)F. The molecule has 1 rings (SSSR count). The maximum absolute atomic E-state index is 12.4. The van der Waals surface area contributed by atoms with Crippen molar-refractivity contribution in [1.82, 2.24) is 4.98 Å². The number of aryl methyl sites for hydroxylation is 1. The third-order valence-corrected chi connectivity index (χ3v) is 4.04. The lowest BCUT2D eigenvalue weighted by Gasteiger charge is -2.07. The van der Waals surface area contributed by atoms with Crippen LogP contribution in [0, 0.1) is 10.5 Å². The first-order valence-electron chi connectivity index (χ1n) is 3.63. The smallest absolute Gasteiger partial charge is 0.239 e. The highest BCUT2D eigenvalue weighted by molar-refractivity contribution is 14.1. The second-order valence-corrected chi connectivity index (χ2v) is 6.33. The predicted octanol–water partition coefficient (Wildman–Crippen LogP) is 2.86. The number of aromatic nitrogens is 1. The molecule has 3 nitrogen and oxygen atoms in total. The summed E-state index contributed by atoms with van der Waals surface area (Å²) in [6.07, 6.45) is -2.68. The zero-order valence-corrected chi connectivity index (χ0v) is 11.1. The molecule has 0 radical (unpaired) electrons. The molecule has 84 valence electrons. The molecular weight excluding hydrogens is 363 g/mol. The van der Waals surface area contributed by atoms with E-state index in [0.29, 0.717) is 0 Å². The quantitative estimate of drug-likeness (QED) is 0.596.